The van der Waals surface area contributed by atoms with Crippen molar-refractivity contribution in [2.75, 3.05) is 11.9 Å². The summed E-state index contributed by atoms with van der Waals surface area (Å²) in [4.78, 5) is 9.26. The molecule has 0 aliphatic rings. The zero-order valence-corrected chi connectivity index (χ0v) is 17.7. The highest BCUT2D eigenvalue weighted by atomic mass is 15.4. The highest BCUT2D eigenvalue weighted by Crippen LogP contribution is 2.27. The molecule has 0 unspecified atom stereocenters. The van der Waals surface area contributed by atoms with Crippen molar-refractivity contribution in [2.45, 2.75) is 33.1 Å². The summed E-state index contributed by atoms with van der Waals surface area (Å²) in [6.07, 6.45) is 0.965. The van der Waals surface area contributed by atoms with Crippen molar-refractivity contribution in [3.8, 4) is 5.95 Å². The van der Waals surface area contributed by atoms with Gasteiger partial charge in [0.15, 0.2) is 0 Å². The van der Waals surface area contributed by atoms with E-state index in [0.29, 0.717) is 11.9 Å². The molecule has 0 aliphatic heterocycles. The van der Waals surface area contributed by atoms with Gasteiger partial charge in [-0.25, -0.2) is 9.67 Å². The number of anilines is 1. The van der Waals surface area contributed by atoms with Crippen molar-refractivity contribution in [2.24, 2.45) is 0 Å². The van der Waals surface area contributed by atoms with Crippen molar-refractivity contribution in [3.05, 3.63) is 101 Å². The van der Waals surface area contributed by atoms with E-state index in [2.05, 4.69) is 76.1 Å². The molecule has 0 aliphatic carbocycles. The molecule has 2 aromatic heterocycles. The fraction of sp³-hybridized carbons (Fsp3) is 0.240. The van der Waals surface area contributed by atoms with Gasteiger partial charge in [-0.05, 0) is 44.4 Å². The molecule has 30 heavy (non-hydrogen) atoms. The Morgan fingerprint density at radius 1 is 0.800 bits per heavy atom. The number of nitrogens with zero attached hydrogens (tertiary/aromatic N) is 4. The largest absolute Gasteiger partial charge is 0.370 e. The first-order chi connectivity index (χ1) is 14.6. The van der Waals surface area contributed by atoms with E-state index in [1.807, 2.05) is 32.9 Å². The van der Waals surface area contributed by atoms with E-state index in [-0.39, 0.29) is 0 Å². The highest BCUT2D eigenvalue weighted by molar-refractivity contribution is 5.39. The normalized spacial score (nSPS) is 11.1. The monoisotopic (exact) mass is 397 g/mol. The molecule has 152 valence electrons. The Labute approximate surface area is 177 Å². The van der Waals surface area contributed by atoms with Gasteiger partial charge in [0.25, 0.3) is 5.95 Å². The summed E-state index contributed by atoms with van der Waals surface area (Å²) in [5.41, 5.74) is 5.55. The summed E-state index contributed by atoms with van der Waals surface area (Å²) >= 11 is 0. The molecule has 0 radical (unpaired) electrons. The topological polar surface area (TPSA) is 55.6 Å². The molecule has 1 N–H and O–H groups in total. The lowest BCUT2D eigenvalue weighted by atomic mass is 9.88. The second-order valence-electron chi connectivity index (χ2n) is 7.62. The van der Waals surface area contributed by atoms with Crippen LogP contribution < -0.4 is 5.32 Å². The summed E-state index contributed by atoms with van der Waals surface area (Å²) in [6.45, 7) is 6.79. The van der Waals surface area contributed by atoms with Gasteiger partial charge >= 0.3 is 0 Å². The maximum absolute atomic E-state index is 4.70. The smallest absolute Gasteiger partial charge is 0.252 e. The number of hydrogen-bond donors (Lipinski definition) is 1. The molecule has 4 aromatic rings. The van der Waals surface area contributed by atoms with E-state index >= 15 is 0 Å². The van der Waals surface area contributed by atoms with Gasteiger partial charge in [-0.15, -0.1) is 0 Å². The third kappa shape index (κ3) is 4.57. The minimum atomic E-state index is 0.332. The van der Waals surface area contributed by atoms with Crippen LogP contribution >= 0.6 is 0 Å². The first kappa shape index (κ1) is 19.8. The van der Waals surface area contributed by atoms with Crippen LogP contribution in [0.25, 0.3) is 5.95 Å². The van der Waals surface area contributed by atoms with E-state index in [0.717, 1.165) is 35.9 Å². The maximum atomic E-state index is 4.70. The zero-order chi connectivity index (χ0) is 20.9. The predicted octanol–water partition coefficient (Wildman–Crippen LogP) is 5.22. The molecular weight excluding hydrogens is 370 g/mol. The van der Waals surface area contributed by atoms with Crippen molar-refractivity contribution in [1.82, 2.24) is 19.7 Å². The van der Waals surface area contributed by atoms with E-state index in [1.54, 1.807) is 4.68 Å². The van der Waals surface area contributed by atoms with Crippen LogP contribution in [0, 0.1) is 20.8 Å². The molecule has 0 amide bonds. The van der Waals surface area contributed by atoms with Crippen LogP contribution in [0.4, 0.5) is 5.82 Å². The van der Waals surface area contributed by atoms with Gasteiger partial charge < -0.3 is 5.32 Å². The molecule has 0 atom stereocenters. The molecule has 0 saturated carbocycles. The van der Waals surface area contributed by atoms with E-state index in [4.69, 9.17) is 4.98 Å². The van der Waals surface area contributed by atoms with Crippen LogP contribution in [-0.2, 0) is 0 Å². The van der Waals surface area contributed by atoms with Crippen molar-refractivity contribution in [3.63, 3.8) is 0 Å². The fourth-order valence-corrected chi connectivity index (χ4v) is 3.81. The zero-order valence-electron chi connectivity index (χ0n) is 17.7. The van der Waals surface area contributed by atoms with Gasteiger partial charge in [0.05, 0.1) is 5.69 Å². The minimum absolute atomic E-state index is 0.332. The van der Waals surface area contributed by atoms with Crippen molar-refractivity contribution < 1.29 is 0 Å². The highest BCUT2D eigenvalue weighted by Gasteiger charge is 2.14. The standard InChI is InChI=1S/C25H27N5/c1-18-17-24(28-25(27-18)30-20(3)16-19(2)29-30)26-15-14-23(21-10-6-4-7-11-21)22-12-8-5-9-13-22/h4-13,16-17,23H,14-15H2,1-3H3,(H,26,27,28). The third-order valence-electron chi connectivity index (χ3n) is 5.18. The van der Waals surface area contributed by atoms with Crippen LogP contribution in [0.1, 0.15) is 40.5 Å². The van der Waals surface area contributed by atoms with E-state index < -0.39 is 0 Å². The number of rotatable bonds is 7. The van der Waals surface area contributed by atoms with Crippen LogP contribution in [0.15, 0.2) is 72.8 Å². The molecule has 5 heteroatoms. The van der Waals surface area contributed by atoms with E-state index in [1.165, 1.54) is 11.1 Å². The summed E-state index contributed by atoms with van der Waals surface area (Å²) < 4.78 is 1.80. The van der Waals surface area contributed by atoms with Gasteiger partial charge in [0.1, 0.15) is 5.82 Å². The van der Waals surface area contributed by atoms with Gasteiger partial charge in [-0.2, -0.15) is 10.1 Å². The van der Waals surface area contributed by atoms with Crippen LogP contribution in [0.2, 0.25) is 0 Å². The molecule has 4 rings (SSSR count). The lowest BCUT2D eigenvalue weighted by Gasteiger charge is -2.19. The molecule has 0 saturated heterocycles. The molecule has 2 aromatic carbocycles. The van der Waals surface area contributed by atoms with E-state index in [9.17, 15) is 0 Å². The fourth-order valence-electron chi connectivity index (χ4n) is 3.81. The quantitative estimate of drug-likeness (QED) is 0.464. The summed E-state index contributed by atoms with van der Waals surface area (Å²) in [7, 11) is 0. The number of aromatic nitrogens is 4. The van der Waals surface area contributed by atoms with Gasteiger partial charge in [-0.3, -0.25) is 0 Å². The SMILES string of the molecule is Cc1cc(NCCC(c2ccccc2)c2ccccc2)nc(-n2nc(C)cc2C)n1. The average Bonchev–Trinajstić information content (AvgIpc) is 3.10. The Morgan fingerprint density at radius 3 is 2.00 bits per heavy atom. The van der Waals surface area contributed by atoms with Crippen LogP contribution in [0.3, 0.4) is 0 Å². The maximum Gasteiger partial charge on any atom is 0.252 e. The number of aryl methyl sites for hydroxylation is 3. The predicted molar refractivity (Wildman–Crippen MR) is 121 cm³/mol. The number of hydrogen-bond acceptors (Lipinski definition) is 4. The van der Waals surface area contributed by atoms with Gasteiger partial charge in [-0.1, -0.05) is 60.7 Å². The first-order valence-electron chi connectivity index (χ1n) is 10.3. The molecule has 0 spiro atoms. The molecular formula is C25H27N5. The number of nitrogens with one attached hydrogen (secondary N) is 1. The Hall–Kier alpha value is -3.47. The number of benzene rings is 2. The van der Waals surface area contributed by atoms with Crippen LogP contribution in [0.5, 0.6) is 0 Å². The lowest BCUT2D eigenvalue weighted by Crippen LogP contribution is -2.13. The second kappa shape index (κ2) is 8.91. The van der Waals surface area contributed by atoms with Crippen molar-refractivity contribution in [1.29, 1.82) is 0 Å². The second-order valence-corrected chi connectivity index (χ2v) is 7.62. The Kier molecular flexibility index (Phi) is 5.89. The first-order valence-corrected chi connectivity index (χ1v) is 10.3. The van der Waals surface area contributed by atoms with Gasteiger partial charge in [0.2, 0.25) is 0 Å². The average molecular weight is 398 g/mol. The minimum Gasteiger partial charge on any atom is -0.370 e. The molecule has 0 fully saturated rings. The summed E-state index contributed by atoms with van der Waals surface area (Å²) in [5, 5.41) is 8.01. The van der Waals surface area contributed by atoms with Gasteiger partial charge in [0, 0.05) is 29.9 Å². The lowest BCUT2D eigenvalue weighted by molar-refractivity contribution is 0.738. The molecule has 2 heterocycles. The molecule has 5 nitrogen and oxygen atoms in total. The summed E-state index contributed by atoms with van der Waals surface area (Å²) in [5.74, 6) is 1.76. The van der Waals surface area contributed by atoms with Crippen molar-refractivity contribution >= 4 is 5.82 Å². The Balaban J connectivity index is 1.52. The third-order valence-corrected chi connectivity index (χ3v) is 5.18. The molecule has 0 bridgehead atoms. The Bertz CT molecular complexity index is 1060. The Morgan fingerprint density at radius 2 is 1.43 bits per heavy atom. The van der Waals surface area contributed by atoms with Crippen LogP contribution in [-0.4, -0.2) is 26.3 Å². The summed E-state index contributed by atoms with van der Waals surface area (Å²) in [6, 6.07) is 25.4.